The second kappa shape index (κ2) is 8.85. The van der Waals surface area contributed by atoms with Crippen molar-refractivity contribution in [1.29, 1.82) is 0 Å². The van der Waals surface area contributed by atoms with E-state index >= 15 is 0 Å². The fourth-order valence-corrected chi connectivity index (χ4v) is 4.72. The molecule has 2 atom stereocenters. The number of alkyl halides is 1. The molecule has 1 N–H and O–H groups in total. The maximum Gasteiger partial charge on any atom is 0.329 e. The van der Waals surface area contributed by atoms with Crippen LogP contribution in [-0.4, -0.2) is 49.3 Å². The van der Waals surface area contributed by atoms with Crippen molar-refractivity contribution in [1.82, 2.24) is 24.6 Å². The van der Waals surface area contributed by atoms with Crippen molar-refractivity contribution >= 4 is 17.8 Å². The van der Waals surface area contributed by atoms with Crippen molar-refractivity contribution in [2.75, 3.05) is 11.9 Å². The second-order valence-corrected chi connectivity index (χ2v) is 8.77. The minimum absolute atomic E-state index is 0.216. The number of ether oxygens (including phenoxy) is 1. The van der Waals surface area contributed by atoms with Crippen molar-refractivity contribution in [2.24, 2.45) is 12.5 Å². The van der Waals surface area contributed by atoms with Gasteiger partial charge in [0.2, 0.25) is 5.91 Å². The topological polar surface area (TPSA) is 102 Å². The van der Waals surface area contributed by atoms with Crippen LogP contribution in [0.4, 0.5) is 15.0 Å². The fourth-order valence-electron chi connectivity index (χ4n) is 4.72. The van der Waals surface area contributed by atoms with Crippen LogP contribution in [0.25, 0.3) is 11.3 Å². The number of halogens is 1. The molecule has 1 saturated carbocycles. The SMILES string of the molecule is Cn1cc(-c2cc(Oc3ccc(NC(=O)N4CCC5(CCCCC5F)C4=O)nc3)ccn2)cn1. The highest BCUT2D eigenvalue weighted by Crippen LogP contribution is 2.46. The standard InChI is InChI=1S/C24H25FN6O3/c1-30-15-16(13-28-30)19-12-17(7-10-26-19)34-18-5-6-21(27-14-18)29-23(33)31-11-9-24(22(31)32)8-3-2-4-20(24)25/h5-7,10,12-15,20H,2-4,8-9,11H2,1H3,(H,27,29,33). The van der Waals surface area contributed by atoms with Gasteiger partial charge >= 0.3 is 6.03 Å². The monoisotopic (exact) mass is 464 g/mol. The van der Waals surface area contributed by atoms with E-state index in [1.807, 2.05) is 13.2 Å². The third-order valence-corrected chi connectivity index (χ3v) is 6.57. The predicted octanol–water partition coefficient (Wildman–Crippen LogP) is 4.33. The normalized spacial score (nSPS) is 22.2. The van der Waals surface area contributed by atoms with Gasteiger partial charge < -0.3 is 4.74 Å². The molecule has 10 heteroatoms. The molecule has 2 aliphatic rings. The summed E-state index contributed by atoms with van der Waals surface area (Å²) in [7, 11) is 1.83. The van der Waals surface area contributed by atoms with E-state index in [0.29, 0.717) is 30.8 Å². The zero-order valence-corrected chi connectivity index (χ0v) is 18.8. The molecule has 3 aromatic heterocycles. The molecule has 1 aliphatic carbocycles. The molecule has 2 fully saturated rings. The number of urea groups is 1. The number of hydrogen-bond acceptors (Lipinski definition) is 6. The van der Waals surface area contributed by atoms with E-state index in [0.717, 1.165) is 29.0 Å². The number of anilines is 1. The summed E-state index contributed by atoms with van der Waals surface area (Å²) in [5.41, 5.74) is 0.554. The largest absolute Gasteiger partial charge is 0.456 e. The van der Waals surface area contributed by atoms with Gasteiger partial charge in [-0.15, -0.1) is 0 Å². The van der Waals surface area contributed by atoms with E-state index in [4.69, 9.17) is 4.74 Å². The summed E-state index contributed by atoms with van der Waals surface area (Å²) in [6.07, 6.45) is 8.36. The molecule has 1 saturated heterocycles. The van der Waals surface area contributed by atoms with Crippen molar-refractivity contribution in [2.45, 2.75) is 38.3 Å². The van der Waals surface area contributed by atoms with Crippen molar-refractivity contribution in [3.05, 3.63) is 49.1 Å². The summed E-state index contributed by atoms with van der Waals surface area (Å²) < 4.78 is 22.1. The third-order valence-electron chi connectivity index (χ3n) is 6.57. The van der Waals surface area contributed by atoms with Crippen LogP contribution >= 0.6 is 0 Å². The van der Waals surface area contributed by atoms with E-state index < -0.39 is 23.5 Å². The molecule has 5 rings (SSSR count). The quantitative estimate of drug-likeness (QED) is 0.617. The zero-order chi connectivity index (χ0) is 23.7. The molecule has 176 valence electrons. The molecule has 1 aliphatic heterocycles. The van der Waals surface area contributed by atoms with Gasteiger partial charge in [0, 0.05) is 37.6 Å². The number of likely N-dealkylation sites (tertiary alicyclic amines) is 1. The Balaban J connectivity index is 1.22. The maximum atomic E-state index is 14.6. The Bertz CT molecular complexity index is 1210. The number of carbonyl (C=O) groups is 2. The van der Waals surface area contributed by atoms with Crippen molar-refractivity contribution in [3.63, 3.8) is 0 Å². The fraction of sp³-hybridized carbons (Fsp3) is 0.375. The molecule has 4 heterocycles. The Kier molecular flexibility index (Phi) is 5.72. The summed E-state index contributed by atoms with van der Waals surface area (Å²) in [6, 6.07) is 6.19. The zero-order valence-electron chi connectivity index (χ0n) is 18.8. The van der Waals surface area contributed by atoms with E-state index in [-0.39, 0.29) is 12.4 Å². The number of amides is 3. The smallest absolute Gasteiger partial charge is 0.329 e. The van der Waals surface area contributed by atoms with Gasteiger partial charge in [-0.2, -0.15) is 5.10 Å². The Hall–Kier alpha value is -3.82. The number of nitrogens with one attached hydrogen (secondary N) is 1. The first kappa shape index (κ1) is 22.0. The molecular weight excluding hydrogens is 439 g/mol. The molecule has 0 bridgehead atoms. The van der Waals surface area contributed by atoms with Crippen LogP contribution in [0.5, 0.6) is 11.5 Å². The number of carbonyl (C=O) groups excluding carboxylic acids is 2. The predicted molar refractivity (Wildman–Crippen MR) is 122 cm³/mol. The summed E-state index contributed by atoms with van der Waals surface area (Å²) in [6.45, 7) is 0.216. The maximum absolute atomic E-state index is 14.6. The Morgan fingerprint density at radius 1 is 1.18 bits per heavy atom. The van der Waals surface area contributed by atoms with Gasteiger partial charge in [0.25, 0.3) is 0 Å². The third kappa shape index (κ3) is 4.11. The van der Waals surface area contributed by atoms with E-state index in [9.17, 15) is 14.0 Å². The molecule has 0 radical (unpaired) electrons. The summed E-state index contributed by atoms with van der Waals surface area (Å²) in [5.74, 6) is 0.908. The molecule has 34 heavy (non-hydrogen) atoms. The molecule has 0 aromatic carbocycles. The number of pyridine rings is 2. The van der Waals surface area contributed by atoms with Gasteiger partial charge in [-0.3, -0.25) is 24.7 Å². The van der Waals surface area contributed by atoms with Gasteiger partial charge in [0.15, 0.2) is 0 Å². The Morgan fingerprint density at radius 3 is 2.79 bits per heavy atom. The van der Waals surface area contributed by atoms with Crippen LogP contribution in [0.1, 0.15) is 32.1 Å². The van der Waals surface area contributed by atoms with Crippen LogP contribution in [0.2, 0.25) is 0 Å². The van der Waals surface area contributed by atoms with Crippen molar-refractivity contribution in [3.8, 4) is 22.8 Å². The van der Waals surface area contributed by atoms with Crippen LogP contribution in [0.15, 0.2) is 49.1 Å². The highest BCUT2D eigenvalue weighted by Gasteiger charge is 2.54. The summed E-state index contributed by atoms with van der Waals surface area (Å²) in [5, 5.41) is 6.78. The summed E-state index contributed by atoms with van der Waals surface area (Å²) in [4.78, 5) is 35.2. The van der Waals surface area contributed by atoms with Crippen LogP contribution < -0.4 is 10.1 Å². The minimum atomic E-state index is -1.19. The van der Waals surface area contributed by atoms with Gasteiger partial charge in [-0.1, -0.05) is 12.8 Å². The number of imide groups is 1. The first-order chi connectivity index (χ1) is 16.4. The minimum Gasteiger partial charge on any atom is -0.456 e. The van der Waals surface area contributed by atoms with E-state index in [2.05, 4.69) is 20.4 Å². The number of aromatic nitrogens is 4. The van der Waals surface area contributed by atoms with Crippen molar-refractivity contribution < 1.29 is 18.7 Å². The van der Waals surface area contributed by atoms with Gasteiger partial charge in [0.1, 0.15) is 23.5 Å². The van der Waals surface area contributed by atoms with Gasteiger partial charge in [-0.05, 0) is 37.5 Å². The second-order valence-electron chi connectivity index (χ2n) is 8.77. The molecular formula is C24H25FN6O3. The van der Waals surface area contributed by atoms with Gasteiger partial charge in [0.05, 0.1) is 23.5 Å². The number of aryl methyl sites for hydroxylation is 1. The number of nitrogens with zero attached hydrogens (tertiary/aromatic N) is 5. The number of hydrogen-bond donors (Lipinski definition) is 1. The Labute approximate surface area is 196 Å². The Morgan fingerprint density at radius 2 is 2.06 bits per heavy atom. The van der Waals surface area contributed by atoms with Crippen LogP contribution in [0, 0.1) is 5.41 Å². The van der Waals surface area contributed by atoms with E-state index in [1.165, 1.54) is 6.20 Å². The average molecular weight is 465 g/mol. The lowest BCUT2D eigenvalue weighted by atomic mass is 9.71. The lowest BCUT2D eigenvalue weighted by Gasteiger charge is -2.34. The highest BCUT2D eigenvalue weighted by molar-refractivity contribution is 6.04. The first-order valence-corrected chi connectivity index (χ1v) is 11.3. The first-order valence-electron chi connectivity index (χ1n) is 11.3. The lowest BCUT2D eigenvalue weighted by molar-refractivity contribution is -0.138. The van der Waals surface area contributed by atoms with Crippen LogP contribution in [0.3, 0.4) is 0 Å². The van der Waals surface area contributed by atoms with Gasteiger partial charge in [-0.25, -0.2) is 14.2 Å². The van der Waals surface area contributed by atoms with E-state index in [1.54, 1.807) is 41.3 Å². The molecule has 3 aromatic rings. The average Bonchev–Trinajstić information content (AvgIpc) is 3.41. The molecule has 9 nitrogen and oxygen atoms in total. The molecule has 1 spiro atoms. The van der Waals surface area contributed by atoms with Crippen LogP contribution in [-0.2, 0) is 11.8 Å². The molecule has 2 unspecified atom stereocenters. The highest BCUT2D eigenvalue weighted by atomic mass is 19.1. The lowest BCUT2D eigenvalue weighted by Crippen LogP contribution is -2.46. The number of rotatable bonds is 4. The molecule has 3 amide bonds. The summed E-state index contributed by atoms with van der Waals surface area (Å²) >= 11 is 0.